The lowest BCUT2D eigenvalue weighted by molar-refractivity contribution is -0.122. The molecule has 124 valence electrons. The first-order chi connectivity index (χ1) is 11.7. The highest BCUT2D eigenvalue weighted by Crippen LogP contribution is 2.47. The Bertz CT molecular complexity index is 744. The summed E-state index contributed by atoms with van der Waals surface area (Å²) >= 11 is 0. The van der Waals surface area contributed by atoms with Crippen LogP contribution in [0.15, 0.2) is 53.6 Å². The summed E-state index contributed by atoms with van der Waals surface area (Å²) in [6.45, 7) is 2.31. The van der Waals surface area contributed by atoms with Crippen LogP contribution in [0, 0.1) is 5.92 Å². The van der Waals surface area contributed by atoms with Crippen LogP contribution in [-0.4, -0.2) is 23.8 Å². The second-order valence-electron chi connectivity index (χ2n) is 5.75. The van der Waals surface area contributed by atoms with E-state index in [0.717, 1.165) is 12.0 Å². The first-order valence-corrected chi connectivity index (χ1v) is 8.02. The third-order valence-electron chi connectivity index (χ3n) is 4.03. The number of phenolic OH excluding ortho intramolecular Hbond substituents is 1. The summed E-state index contributed by atoms with van der Waals surface area (Å²) in [4.78, 5) is 12.1. The Labute approximate surface area is 141 Å². The Morgan fingerprint density at radius 1 is 1.33 bits per heavy atom. The summed E-state index contributed by atoms with van der Waals surface area (Å²) in [5.74, 6) is 0.702. The largest absolute Gasteiger partial charge is 0.504 e. The Kier molecular flexibility index (Phi) is 4.79. The first kappa shape index (κ1) is 16.1. The molecule has 3 rings (SSSR count). The maximum atomic E-state index is 12.1. The van der Waals surface area contributed by atoms with Crippen LogP contribution in [0.1, 0.15) is 30.4 Å². The van der Waals surface area contributed by atoms with Crippen molar-refractivity contribution in [1.29, 1.82) is 0 Å². The van der Waals surface area contributed by atoms with E-state index in [-0.39, 0.29) is 17.6 Å². The van der Waals surface area contributed by atoms with Crippen molar-refractivity contribution in [3.63, 3.8) is 0 Å². The fourth-order valence-electron chi connectivity index (χ4n) is 2.69. The number of hydrogen-bond donors (Lipinski definition) is 2. The van der Waals surface area contributed by atoms with Gasteiger partial charge in [-0.1, -0.05) is 30.3 Å². The summed E-state index contributed by atoms with van der Waals surface area (Å²) in [6, 6.07) is 15.0. The number of amides is 1. The Balaban J connectivity index is 1.55. The molecule has 1 aliphatic carbocycles. The highest BCUT2D eigenvalue weighted by atomic mass is 16.5. The lowest BCUT2D eigenvalue weighted by Crippen LogP contribution is -2.20. The van der Waals surface area contributed by atoms with Crippen molar-refractivity contribution in [2.75, 3.05) is 6.61 Å². The van der Waals surface area contributed by atoms with E-state index in [1.54, 1.807) is 24.4 Å². The molecule has 0 aliphatic heterocycles. The van der Waals surface area contributed by atoms with Gasteiger partial charge in [0, 0.05) is 5.92 Å². The van der Waals surface area contributed by atoms with E-state index in [4.69, 9.17) is 4.74 Å². The van der Waals surface area contributed by atoms with Crippen LogP contribution in [0.4, 0.5) is 0 Å². The van der Waals surface area contributed by atoms with E-state index in [9.17, 15) is 9.90 Å². The van der Waals surface area contributed by atoms with E-state index in [1.807, 2.05) is 37.3 Å². The average Bonchev–Trinajstić information content (AvgIpc) is 3.39. The van der Waals surface area contributed by atoms with Gasteiger partial charge in [0.2, 0.25) is 5.91 Å². The average molecular weight is 324 g/mol. The van der Waals surface area contributed by atoms with Crippen LogP contribution in [0.3, 0.4) is 0 Å². The van der Waals surface area contributed by atoms with Gasteiger partial charge in [-0.3, -0.25) is 4.79 Å². The van der Waals surface area contributed by atoms with Gasteiger partial charge in [0.25, 0.3) is 0 Å². The standard InChI is InChI=1S/C19H20N2O3/c1-2-24-18-10-13(8-9-17(18)22)12-20-21-19(23)16-11-15(16)14-6-4-3-5-7-14/h3-10,12,15-16,22H,2,11H2,1H3,(H,21,23)/b20-12+/t15-,16+/m1/s1. The lowest BCUT2D eigenvalue weighted by Gasteiger charge is -2.06. The zero-order valence-electron chi connectivity index (χ0n) is 13.5. The summed E-state index contributed by atoms with van der Waals surface area (Å²) in [7, 11) is 0. The fourth-order valence-corrected chi connectivity index (χ4v) is 2.69. The molecule has 0 heterocycles. The van der Waals surface area contributed by atoms with Crippen molar-refractivity contribution < 1.29 is 14.6 Å². The van der Waals surface area contributed by atoms with Crippen LogP contribution in [0.2, 0.25) is 0 Å². The SMILES string of the molecule is CCOc1cc(/C=N/NC(=O)[C@H]2C[C@@H]2c2ccccc2)ccc1O. The molecular formula is C19H20N2O3. The Morgan fingerprint density at radius 3 is 2.88 bits per heavy atom. The number of hydrazone groups is 1. The number of carbonyl (C=O) groups excluding carboxylic acids is 1. The monoisotopic (exact) mass is 324 g/mol. The number of carbonyl (C=O) groups is 1. The van der Waals surface area contributed by atoms with Gasteiger partial charge in [-0.25, -0.2) is 5.43 Å². The van der Waals surface area contributed by atoms with Crippen LogP contribution >= 0.6 is 0 Å². The van der Waals surface area contributed by atoms with Crippen LogP contribution in [0.5, 0.6) is 11.5 Å². The van der Waals surface area contributed by atoms with Crippen LogP contribution in [0.25, 0.3) is 0 Å². The molecule has 1 fully saturated rings. The van der Waals surface area contributed by atoms with Crippen molar-refractivity contribution in [3.05, 3.63) is 59.7 Å². The number of rotatable bonds is 6. The zero-order valence-corrected chi connectivity index (χ0v) is 13.5. The highest BCUT2D eigenvalue weighted by Gasteiger charge is 2.43. The Hall–Kier alpha value is -2.82. The van der Waals surface area contributed by atoms with E-state index in [0.29, 0.717) is 18.3 Å². The topological polar surface area (TPSA) is 70.9 Å². The molecule has 24 heavy (non-hydrogen) atoms. The molecule has 0 radical (unpaired) electrons. The van der Waals surface area contributed by atoms with Gasteiger partial charge in [0.15, 0.2) is 11.5 Å². The molecule has 1 aliphatic rings. The minimum Gasteiger partial charge on any atom is -0.504 e. The van der Waals surface area contributed by atoms with E-state index in [2.05, 4.69) is 10.5 Å². The molecule has 2 atom stereocenters. The highest BCUT2D eigenvalue weighted by molar-refractivity contribution is 5.86. The zero-order chi connectivity index (χ0) is 16.9. The third kappa shape index (κ3) is 3.74. The minimum atomic E-state index is -0.0658. The van der Waals surface area contributed by atoms with Gasteiger partial charge in [0.1, 0.15) is 0 Å². The smallest absolute Gasteiger partial charge is 0.243 e. The van der Waals surface area contributed by atoms with Crippen molar-refractivity contribution in [1.82, 2.24) is 5.43 Å². The van der Waals surface area contributed by atoms with E-state index < -0.39 is 0 Å². The van der Waals surface area contributed by atoms with Gasteiger partial charge in [-0.15, -0.1) is 0 Å². The molecule has 2 aromatic rings. The normalized spacial score (nSPS) is 19.2. The minimum absolute atomic E-state index is 0.0108. The van der Waals surface area contributed by atoms with Gasteiger partial charge in [-0.05, 0) is 48.6 Å². The molecular weight excluding hydrogens is 304 g/mol. The Morgan fingerprint density at radius 2 is 2.12 bits per heavy atom. The molecule has 0 unspecified atom stereocenters. The summed E-state index contributed by atoms with van der Waals surface area (Å²) in [5, 5.41) is 13.7. The second kappa shape index (κ2) is 7.17. The summed E-state index contributed by atoms with van der Waals surface area (Å²) in [5.41, 5.74) is 4.52. The summed E-state index contributed by atoms with van der Waals surface area (Å²) in [6.07, 6.45) is 2.40. The number of nitrogens with one attached hydrogen (secondary N) is 1. The number of hydrogen-bond acceptors (Lipinski definition) is 4. The van der Waals surface area contributed by atoms with Gasteiger partial charge < -0.3 is 9.84 Å². The third-order valence-corrected chi connectivity index (χ3v) is 4.03. The van der Waals surface area contributed by atoms with Crippen molar-refractivity contribution in [3.8, 4) is 11.5 Å². The maximum Gasteiger partial charge on any atom is 0.243 e. The van der Waals surface area contributed by atoms with Crippen LogP contribution < -0.4 is 10.2 Å². The second-order valence-corrected chi connectivity index (χ2v) is 5.75. The first-order valence-electron chi connectivity index (χ1n) is 8.02. The van der Waals surface area contributed by atoms with Crippen molar-refractivity contribution in [2.45, 2.75) is 19.3 Å². The van der Waals surface area contributed by atoms with E-state index >= 15 is 0 Å². The molecule has 0 bridgehead atoms. The number of nitrogens with zero attached hydrogens (tertiary/aromatic N) is 1. The van der Waals surface area contributed by atoms with Gasteiger partial charge >= 0.3 is 0 Å². The number of benzene rings is 2. The van der Waals surface area contributed by atoms with Gasteiger partial charge in [0.05, 0.1) is 12.8 Å². The molecule has 2 aromatic carbocycles. The number of phenols is 1. The predicted octanol–water partition coefficient (Wildman–Crippen LogP) is 3.04. The predicted molar refractivity (Wildman–Crippen MR) is 92.3 cm³/mol. The quantitative estimate of drug-likeness (QED) is 0.634. The molecule has 5 nitrogen and oxygen atoms in total. The van der Waals surface area contributed by atoms with Crippen molar-refractivity contribution in [2.24, 2.45) is 11.0 Å². The van der Waals surface area contributed by atoms with E-state index in [1.165, 1.54) is 5.56 Å². The lowest BCUT2D eigenvalue weighted by atomic mass is 10.1. The molecule has 0 spiro atoms. The molecule has 0 aromatic heterocycles. The number of aromatic hydroxyl groups is 1. The molecule has 1 amide bonds. The molecule has 0 saturated heterocycles. The fraction of sp³-hybridized carbons (Fsp3) is 0.263. The molecule has 2 N–H and O–H groups in total. The van der Waals surface area contributed by atoms with Crippen LogP contribution in [-0.2, 0) is 4.79 Å². The number of ether oxygens (including phenoxy) is 1. The molecule has 1 saturated carbocycles. The maximum absolute atomic E-state index is 12.1. The van der Waals surface area contributed by atoms with Gasteiger partial charge in [-0.2, -0.15) is 5.10 Å². The molecule has 5 heteroatoms. The van der Waals surface area contributed by atoms with Crippen molar-refractivity contribution >= 4 is 12.1 Å². The summed E-state index contributed by atoms with van der Waals surface area (Å²) < 4.78 is 5.32.